The van der Waals surface area contributed by atoms with Crippen LogP contribution < -0.4 is 4.90 Å². The number of carbonyl (C=O) groups is 1. The van der Waals surface area contributed by atoms with Gasteiger partial charge >= 0.3 is 6.09 Å². The Bertz CT molecular complexity index is 678. The summed E-state index contributed by atoms with van der Waals surface area (Å²) in [6.07, 6.45) is 0.674. The Morgan fingerprint density at radius 1 is 1.07 bits per heavy atom. The van der Waals surface area contributed by atoms with Crippen LogP contribution in [0.1, 0.15) is 45.7 Å². The summed E-state index contributed by atoms with van der Waals surface area (Å²) in [5.41, 5.74) is 1.88. The highest BCUT2D eigenvalue weighted by molar-refractivity contribution is 5.69. The standard InChI is InChI=1S/C23H37N3O3/c1-17-16-26(22(27)29-23(2,3)4)20(15-21(17)28-6)18-7-9-19(10-8-18)25-13-11-24(5)12-14-25/h7-10,17,20-21H,11-16H2,1-6H3/t17-,20-,21?/m1/s1. The van der Waals surface area contributed by atoms with Crippen molar-refractivity contribution in [1.82, 2.24) is 9.80 Å². The second-order valence-corrected chi connectivity index (χ2v) is 9.52. The Kier molecular flexibility index (Phi) is 6.74. The fourth-order valence-corrected chi connectivity index (χ4v) is 4.27. The van der Waals surface area contributed by atoms with Crippen molar-refractivity contribution in [2.45, 2.75) is 51.9 Å². The lowest BCUT2D eigenvalue weighted by Crippen LogP contribution is -2.49. The molecule has 6 nitrogen and oxygen atoms in total. The van der Waals surface area contributed by atoms with Gasteiger partial charge in [0, 0.05) is 51.4 Å². The molecule has 1 unspecified atom stereocenters. The summed E-state index contributed by atoms with van der Waals surface area (Å²) in [5.74, 6) is 0.272. The number of nitrogens with zero attached hydrogens (tertiary/aromatic N) is 3. The number of rotatable bonds is 3. The zero-order chi connectivity index (χ0) is 21.2. The Morgan fingerprint density at radius 3 is 2.24 bits per heavy atom. The quantitative estimate of drug-likeness (QED) is 0.769. The molecule has 0 spiro atoms. The molecule has 2 saturated heterocycles. The molecule has 3 rings (SSSR count). The third kappa shape index (κ3) is 5.43. The summed E-state index contributed by atoms with van der Waals surface area (Å²) >= 11 is 0. The summed E-state index contributed by atoms with van der Waals surface area (Å²) in [4.78, 5) is 19.6. The maximum atomic E-state index is 12.9. The van der Waals surface area contributed by atoms with Crippen molar-refractivity contribution >= 4 is 11.8 Å². The molecule has 0 saturated carbocycles. The van der Waals surface area contributed by atoms with Gasteiger partial charge in [0.05, 0.1) is 12.1 Å². The van der Waals surface area contributed by atoms with Crippen LogP contribution in [-0.2, 0) is 9.47 Å². The number of carbonyl (C=O) groups excluding carboxylic acids is 1. The third-order valence-electron chi connectivity index (χ3n) is 6.03. The molecule has 2 heterocycles. The van der Waals surface area contributed by atoms with Crippen LogP contribution in [0.2, 0.25) is 0 Å². The number of hydrogen-bond donors (Lipinski definition) is 0. The van der Waals surface area contributed by atoms with Crippen molar-refractivity contribution in [1.29, 1.82) is 0 Å². The summed E-state index contributed by atoms with van der Waals surface area (Å²) in [7, 11) is 3.93. The van der Waals surface area contributed by atoms with E-state index in [1.165, 1.54) is 5.69 Å². The lowest BCUT2D eigenvalue weighted by molar-refractivity contribution is -0.0416. The number of ether oxygens (including phenoxy) is 2. The Morgan fingerprint density at radius 2 is 1.69 bits per heavy atom. The van der Waals surface area contributed by atoms with Gasteiger partial charge in [0.1, 0.15) is 5.60 Å². The van der Waals surface area contributed by atoms with Crippen LogP contribution in [0.3, 0.4) is 0 Å². The lowest BCUT2D eigenvalue weighted by Gasteiger charge is -2.43. The van der Waals surface area contributed by atoms with Crippen LogP contribution in [0, 0.1) is 5.92 Å². The second-order valence-electron chi connectivity index (χ2n) is 9.52. The van der Waals surface area contributed by atoms with Gasteiger partial charge in [-0.05, 0) is 51.9 Å². The van der Waals surface area contributed by atoms with Gasteiger partial charge in [0.2, 0.25) is 0 Å². The van der Waals surface area contributed by atoms with Crippen LogP contribution in [0.15, 0.2) is 24.3 Å². The number of hydrogen-bond acceptors (Lipinski definition) is 5. The zero-order valence-electron chi connectivity index (χ0n) is 18.9. The number of likely N-dealkylation sites (tertiary alicyclic amines) is 1. The molecular formula is C23H37N3O3. The zero-order valence-corrected chi connectivity index (χ0v) is 18.9. The number of methoxy groups -OCH3 is 1. The predicted molar refractivity (Wildman–Crippen MR) is 116 cm³/mol. The van der Waals surface area contributed by atoms with Crippen molar-refractivity contribution < 1.29 is 14.3 Å². The summed E-state index contributed by atoms with van der Waals surface area (Å²) in [6, 6.07) is 8.67. The highest BCUT2D eigenvalue weighted by Crippen LogP contribution is 2.36. The summed E-state index contributed by atoms with van der Waals surface area (Å²) in [5, 5.41) is 0. The molecule has 1 amide bonds. The maximum absolute atomic E-state index is 12.9. The average Bonchev–Trinajstić information content (AvgIpc) is 2.67. The number of benzene rings is 1. The molecule has 1 aromatic carbocycles. The van der Waals surface area contributed by atoms with Crippen molar-refractivity contribution in [3.8, 4) is 0 Å². The van der Waals surface area contributed by atoms with E-state index in [0.29, 0.717) is 6.54 Å². The number of piperazine rings is 1. The minimum Gasteiger partial charge on any atom is -0.444 e. The van der Waals surface area contributed by atoms with Gasteiger partial charge in [-0.2, -0.15) is 0 Å². The fourth-order valence-electron chi connectivity index (χ4n) is 4.27. The SMILES string of the molecule is COC1C[C@H](c2ccc(N3CCN(C)CC3)cc2)N(C(=O)OC(C)(C)C)C[C@H]1C. The molecular weight excluding hydrogens is 366 g/mol. The van der Waals surface area contributed by atoms with Crippen molar-refractivity contribution in [2.24, 2.45) is 5.92 Å². The summed E-state index contributed by atoms with van der Waals surface area (Å²) < 4.78 is 11.4. The molecule has 0 N–H and O–H groups in total. The first-order chi connectivity index (χ1) is 13.7. The van der Waals surface area contributed by atoms with Crippen LogP contribution in [0.5, 0.6) is 0 Å². The fraction of sp³-hybridized carbons (Fsp3) is 0.696. The Hall–Kier alpha value is -1.79. The third-order valence-corrected chi connectivity index (χ3v) is 6.03. The smallest absolute Gasteiger partial charge is 0.410 e. The molecule has 162 valence electrons. The Labute approximate surface area is 175 Å². The monoisotopic (exact) mass is 403 g/mol. The highest BCUT2D eigenvalue weighted by Gasteiger charge is 2.38. The van der Waals surface area contributed by atoms with E-state index in [1.54, 1.807) is 7.11 Å². The molecule has 3 atom stereocenters. The van der Waals surface area contributed by atoms with E-state index in [2.05, 4.69) is 48.0 Å². The first-order valence-electron chi connectivity index (χ1n) is 10.7. The molecule has 29 heavy (non-hydrogen) atoms. The average molecular weight is 404 g/mol. The molecule has 1 aromatic rings. The van der Waals surface area contributed by atoms with Crippen LogP contribution in [0.25, 0.3) is 0 Å². The molecule has 6 heteroatoms. The van der Waals surface area contributed by atoms with Gasteiger partial charge in [-0.3, -0.25) is 0 Å². The van der Waals surface area contributed by atoms with Gasteiger partial charge in [0.25, 0.3) is 0 Å². The van der Waals surface area contributed by atoms with E-state index in [4.69, 9.17) is 9.47 Å². The maximum Gasteiger partial charge on any atom is 0.410 e. The van der Waals surface area contributed by atoms with Gasteiger partial charge in [-0.1, -0.05) is 19.1 Å². The van der Waals surface area contributed by atoms with E-state index < -0.39 is 5.60 Å². The molecule has 2 aliphatic heterocycles. The van der Waals surface area contributed by atoms with Gasteiger partial charge in [-0.15, -0.1) is 0 Å². The van der Waals surface area contributed by atoms with Crippen LogP contribution in [-0.4, -0.2) is 74.5 Å². The topological polar surface area (TPSA) is 45.2 Å². The molecule has 0 radical (unpaired) electrons. The number of amides is 1. The van der Waals surface area contributed by atoms with Crippen molar-refractivity contribution in [3.05, 3.63) is 29.8 Å². The summed E-state index contributed by atoms with van der Waals surface area (Å²) in [6.45, 7) is 12.8. The lowest BCUT2D eigenvalue weighted by atomic mass is 9.87. The predicted octanol–water partition coefficient (Wildman–Crippen LogP) is 3.77. The van der Waals surface area contributed by atoms with Gasteiger partial charge < -0.3 is 24.2 Å². The molecule has 2 aliphatic rings. The van der Waals surface area contributed by atoms with E-state index in [-0.39, 0.29) is 24.2 Å². The van der Waals surface area contributed by atoms with E-state index in [1.807, 2.05) is 25.7 Å². The first kappa shape index (κ1) is 21.9. The number of likely N-dealkylation sites (N-methyl/N-ethyl adjacent to an activating group) is 1. The number of piperidine rings is 1. The van der Waals surface area contributed by atoms with E-state index in [0.717, 1.165) is 38.2 Å². The largest absolute Gasteiger partial charge is 0.444 e. The van der Waals surface area contributed by atoms with E-state index in [9.17, 15) is 4.79 Å². The van der Waals surface area contributed by atoms with Gasteiger partial charge in [0.15, 0.2) is 0 Å². The van der Waals surface area contributed by atoms with Crippen LogP contribution in [0.4, 0.5) is 10.5 Å². The molecule has 0 bridgehead atoms. The second kappa shape index (κ2) is 8.92. The number of anilines is 1. The molecule has 0 aromatic heterocycles. The van der Waals surface area contributed by atoms with Crippen LogP contribution >= 0.6 is 0 Å². The first-order valence-corrected chi connectivity index (χ1v) is 10.7. The van der Waals surface area contributed by atoms with Crippen molar-refractivity contribution in [3.63, 3.8) is 0 Å². The minimum atomic E-state index is -0.506. The molecule has 2 fully saturated rings. The molecule has 0 aliphatic carbocycles. The normalized spacial score (nSPS) is 26.5. The highest BCUT2D eigenvalue weighted by atomic mass is 16.6. The van der Waals surface area contributed by atoms with Crippen molar-refractivity contribution in [2.75, 3.05) is 51.8 Å². The van der Waals surface area contributed by atoms with Gasteiger partial charge in [-0.25, -0.2) is 4.79 Å². The Balaban J connectivity index is 1.79. The van der Waals surface area contributed by atoms with E-state index >= 15 is 0 Å². The minimum absolute atomic E-state index is 0.0347.